The Morgan fingerprint density at radius 2 is 2.21 bits per heavy atom. The van der Waals surface area contributed by atoms with Crippen LogP contribution in [0.3, 0.4) is 0 Å². The van der Waals surface area contributed by atoms with Crippen LogP contribution in [0.25, 0.3) is 0 Å². The molecule has 0 saturated carbocycles. The number of halogens is 1. The van der Waals surface area contributed by atoms with E-state index in [-0.39, 0.29) is 11.6 Å². The number of benzene rings is 1. The maximum absolute atomic E-state index is 12.0. The molecule has 0 aliphatic heterocycles. The second kappa shape index (κ2) is 6.94. The number of anilines is 1. The molecule has 0 fully saturated rings. The second-order valence-electron chi connectivity index (χ2n) is 3.76. The number of hydrogen-bond acceptors (Lipinski definition) is 2. The molecule has 0 spiro atoms. The molecule has 0 aliphatic rings. The number of urea groups is 1. The van der Waals surface area contributed by atoms with Crippen LogP contribution in [0.4, 0.5) is 10.5 Å². The molecule has 1 rings (SSSR count). The summed E-state index contributed by atoms with van der Waals surface area (Å²) in [5, 5.41) is 11.6. The van der Waals surface area contributed by atoms with Gasteiger partial charge in [0.15, 0.2) is 0 Å². The number of likely N-dealkylation sites (N-methyl/N-ethyl adjacent to an activating group) is 1. The molecular weight excluding hydrogens is 312 g/mol. The largest absolute Gasteiger partial charge is 0.478 e. The molecule has 0 aromatic heterocycles. The Bertz CT molecular complexity index is 503. The Morgan fingerprint density at radius 1 is 1.53 bits per heavy atom. The quantitative estimate of drug-likeness (QED) is 0.816. The van der Waals surface area contributed by atoms with Crippen LogP contribution in [0.2, 0.25) is 0 Å². The van der Waals surface area contributed by atoms with Gasteiger partial charge in [-0.3, -0.25) is 0 Å². The molecule has 0 aliphatic carbocycles. The molecule has 1 aromatic rings. The highest BCUT2D eigenvalue weighted by Crippen LogP contribution is 2.24. The fourth-order valence-corrected chi connectivity index (χ4v) is 1.81. The highest BCUT2D eigenvalue weighted by Gasteiger charge is 2.13. The summed E-state index contributed by atoms with van der Waals surface area (Å²) in [6.07, 6.45) is 1.63. The molecule has 2 N–H and O–H groups in total. The zero-order valence-electron chi connectivity index (χ0n) is 10.5. The molecule has 19 heavy (non-hydrogen) atoms. The van der Waals surface area contributed by atoms with Crippen molar-refractivity contribution >= 4 is 33.6 Å². The van der Waals surface area contributed by atoms with Crippen LogP contribution in [0.5, 0.6) is 0 Å². The normalized spacial score (nSPS) is 9.79. The first-order chi connectivity index (χ1) is 8.99. The van der Waals surface area contributed by atoms with Gasteiger partial charge in [-0.05, 0) is 41.1 Å². The van der Waals surface area contributed by atoms with Crippen LogP contribution in [-0.2, 0) is 0 Å². The van der Waals surface area contributed by atoms with Gasteiger partial charge in [0.2, 0.25) is 0 Å². The fraction of sp³-hybridized carbons (Fsp3) is 0.231. The highest BCUT2D eigenvalue weighted by molar-refractivity contribution is 9.10. The van der Waals surface area contributed by atoms with Crippen molar-refractivity contribution in [3.8, 4) is 0 Å². The molecule has 0 saturated heterocycles. The number of carbonyl (C=O) groups is 2. The number of nitrogens with one attached hydrogen (secondary N) is 1. The summed E-state index contributed by atoms with van der Waals surface area (Å²) in [6, 6.07) is 4.16. The maximum atomic E-state index is 12.0. The topological polar surface area (TPSA) is 69.6 Å². The third kappa shape index (κ3) is 4.10. The van der Waals surface area contributed by atoms with E-state index in [4.69, 9.17) is 5.11 Å². The summed E-state index contributed by atoms with van der Waals surface area (Å²) in [5.41, 5.74) is 0.540. The number of aromatic carboxylic acids is 1. The maximum Gasteiger partial charge on any atom is 0.335 e. The van der Waals surface area contributed by atoms with Crippen molar-refractivity contribution in [2.24, 2.45) is 0 Å². The van der Waals surface area contributed by atoms with Gasteiger partial charge in [-0.15, -0.1) is 6.58 Å². The SMILES string of the molecule is C=CCN(CC)C(=O)Nc1cc(C(=O)O)ccc1Br. The van der Waals surface area contributed by atoms with Gasteiger partial charge in [0.05, 0.1) is 11.3 Å². The molecule has 0 bridgehead atoms. The smallest absolute Gasteiger partial charge is 0.335 e. The number of amides is 2. The van der Waals surface area contributed by atoms with Crippen molar-refractivity contribution in [3.05, 3.63) is 40.9 Å². The third-order valence-electron chi connectivity index (χ3n) is 2.47. The van der Waals surface area contributed by atoms with Gasteiger partial charge in [-0.2, -0.15) is 0 Å². The Balaban J connectivity index is 2.91. The van der Waals surface area contributed by atoms with E-state index in [0.717, 1.165) is 0 Å². The number of carboxylic acids is 1. The minimum atomic E-state index is -1.04. The third-order valence-corrected chi connectivity index (χ3v) is 3.16. The standard InChI is InChI=1S/C13H15BrN2O3/c1-3-7-16(4-2)13(19)15-11-8-9(12(17)18)5-6-10(11)14/h3,5-6,8H,1,4,7H2,2H3,(H,15,19)(H,17,18). The predicted molar refractivity (Wildman–Crippen MR) is 77.6 cm³/mol. The summed E-state index contributed by atoms with van der Waals surface area (Å²) >= 11 is 3.27. The van der Waals surface area contributed by atoms with Crippen LogP contribution in [0.1, 0.15) is 17.3 Å². The van der Waals surface area contributed by atoms with Gasteiger partial charge in [0.25, 0.3) is 0 Å². The fourth-order valence-electron chi connectivity index (χ4n) is 1.46. The lowest BCUT2D eigenvalue weighted by atomic mass is 10.2. The van der Waals surface area contributed by atoms with E-state index in [1.54, 1.807) is 17.0 Å². The second-order valence-corrected chi connectivity index (χ2v) is 4.61. The van der Waals surface area contributed by atoms with Gasteiger partial charge in [0, 0.05) is 17.6 Å². The van der Waals surface area contributed by atoms with Gasteiger partial charge in [-0.1, -0.05) is 6.08 Å². The molecule has 102 valence electrons. The first-order valence-corrected chi connectivity index (χ1v) is 6.48. The van der Waals surface area contributed by atoms with Crippen molar-refractivity contribution in [2.45, 2.75) is 6.92 Å². The Labute approximate surface area is 120 Å². The van der Waals surface area contributed by atoms with Crippen molar-refractivity contribution in [2.75, 3.05) is 18.4 Å². The van der Waals surface area contributed by atoms with E-state index in [0.29, 0.717) is 23.2 Å². The van der Waals surface area contributed by atoms with Crippen molar-refractivity contribution in [3.63, 3.8) is 0 Å². The molecule has 5 nitrogen and oxygen atoms in total. The van der Waals surface area contributed by atoms with Crippen LogP contribution < -0.4 is 5.32 Å². The van der Waals surface area contributed by atoms with Crippen molar-refractivity contribution in [1.82, 2.24) is 4.90 Å². The summed E-state index contributed by atoms with van der Waals surface area (Å²) in [6.45, 7) is 6.40. The molecule has 2 amide bonds. The highest BCUT2D eigenvalue weighted by atomic mass is 79.9. The van der Waals surface area contributed by atoms with Gasteiger partial charge in [-0.25, -0.2) is 9.59 Å². The van der Waals surface area contributed by atoms with Crippen LogP contribution in [0, 0.1) is 0 Å². The summed E-state index contributed by atoms with van der Waals surface area (Å²) in [4.78, 5) is 24.4. The van der Waals surface area contributed by atoms with E-state index in [2.05, 4.69) is 27.8 Å². The van der Waals surface area contributed by atoms with Crippen LogP contribution in [-0.4, -0.2) is 35.1 Å². The average molecular weight is 327 g/mol. The van der Waals surface area contributed by atoms with E-state index in [9.17, 15) is 9.59 Å². The molecular formula is C13H15BrN2O3. The molecule has 1 aromatic carbocycles. The van der Waals surface area contributed by atoms with Crippen LogP contribution >= 0.6 is 15.9 Å². The number of hydrogen-bond donors (Lipinski definition) is 2. The van der Waals surface area contributed by atoms with Crippen molar-refractivity contribution in [1.29, 1.82) is 0 Å². The van der Waals surface area contributed by atoms with Gasteiger partial charge >= 0.3 is 12.0 Å². The van der Waals surface area contributed by atoms with Gasteiger partial charge < -0.3 is 15.3 Å². The monoisotopic (exact) mass is 326 g/mol. The first-order valence-electron chi connectivity index (χ1n) is 5.69. The molecule has 0 heterocycles. The van der Waals surface area contributed by atoms with E-state index >= 15 is 0 Å². The Hall–Kier alpha value is -1.82. The van der Waals surface area contributed by atoms with E-state index in [1.165, 1.54) is 12.1 Å². The first kappa shape index (κ1) is 15.2. The molecule has 0 atom stereocenters. The zero-order chi connectivity index (χ0) is 14.4. The summed E-state index contributed by atoms with van der Waals surface area (Å²) in [7, 11) is 0. The number of nitrogens with zero attached hydrogens (tertiary/aromatic N) is 1. The lowest BCUT2D eigenvalue weighted by Gasteiger charge is -2.20. The summed E-state index contributed by atoms with van der Waals surface area (Å²) < 4.78 is 0.625. The zero-order valence-corrected chi connectivity index (χ0v) is 12.1. The summed E-state index contributed by atoms with van der Waals surface area (Å²) in [5.74, 6) is -1.04. The van der Waals surface area contributed by atoms with Crippen LogP contribution in [0.15, 0.2) is 35.3 Å². The predicted octanol–water partition coefficient (Wildman–Crippen LogP) is 3.19. The minimum Gasteiger partial charge on any atom is -0.478 e. The molecule has 0 radical (unpaired) electrons. The average Bonchev–Trinajstić information content (AvgIpc) is 2.38. The minimum absolute atomic E-state index is 0.116. The van der Waals surface area contributed by atoms with E-state index < -0.39 is 5.97 Å². The number of carbonyl (C=O) groups excluding carboxylic acids is 1. The lowest BCUT2D eigenvalue weighted by molar-refractivity contribution is 0.0697. The molecule has 0 unspecified atom stereocenters. The Kier molecular flexibility index (Phi) is 5.57. The van der Waals surface area contributed by atoms with Gasteiger partial charge in [0.1, 0.15) is 0 Å². The molecule has 6 heteroatoms. The van der Waals surface area contributed by atoms with Crippen molar-refractivity contribution < 1.29 is 14.7 Å². The van der Waals surface area contributed by atoms with E-state index in [1.807, 2.05) is 6.92 Å². The number of carboxylic acid groups (broad SMARTS) is 1. The Morgan fingerprint density at radius 3 is 2.74 bits per heavy atom. The number of rotatable bonds is 5. The lowest BCUT2D eigenvalue weighted by Crippen LogP contribution is -2.34.